The molecule has 0 heterocycles. The number of carbonyl (C=O) groups is 4. The first-order valence-electron chi connectivity index (χ1n) is 44.3. The second-order valence-corrected chi connectivity index (χ2v) is 35.3. The summed E-state index contributed by atoms with van der Waals surface area (Å²) >= 11 is 0. The highest BCUT2D eigenvalue weighted by Gasteiger charge is 2.30. The summed E-state index contributed by atoms with van der Waals surface area (Å²) < 4.78 is 68.9. The molecular weight excluding hydrogens is 1370 g/mol. The minimum absolute atomic E-state index is 0.107. The molecule has 0 aliphatic heterocycles. The molecule has 19 heteroatoms. The van der Waals surface area contributed by atoms with Gasteiger partial charge in [-0.2, -0.15) is 0 Å². The molecule has 5 atom stereocenters. The van der Waals surface area contributed by atoms with Crippen LogP contribution in [0.4, 0.5) is 0 Å². The minimum Gasteiger partial charge on any atom is -0.462 e. The van der Waals surface area contributed by atoms with Gasteiger partial charge in [0.15, 0.2) is 12.2 Å². The monoisotopic (exact) mass is 1540 g/mol. The van der Waals surface area contributed by atoms with E-state index in [0.717, 1.165) is 108 Å². The summed E-state index contributed by atoms with van der Waals surface area (Å²) in [5, 5.41) is 10.7. The van der Waals surface area contributed by atoms with Gasteiger partial charge in [-0.3, -0.25) is 37.3 Å². The smallest absolute Gasteiger partial charge is 0.462 e. The summed E-state index contributed by atoms with van der Waals surface area (Å²) in [6.07, 6.45) is 66.6. The maximum absolute atomic E-state index is 13.1. The molecule has 0 amide bonds. The summed E-state index contributed by atoms with van der Waals surface area (Å²) in [6, 6.07) is 0. The van der Waals surface area contributed by atoms with Crippen LogP contribution in [0.1, 0.15) is 453 Å². The lowest BCUT2D eigenvalue weighted by Gasteiger charge is -2.21. The lowest BCUT2D eigenvalue weighted by atomic mass is 10.0. The maximum Gasteiger partial charge on any atom is 0.472 e. The van der Waals surface area contributed by atoms with Crippen molar-refractivity contribution in [2.45, 2.75) is 471 Å². The van der Waals surface area contributed by atoms with E-state index in [2.05, 4.69) is 48.5 Å². The first-order valence-corrected chi connectivity index (χ1v) is 47.3. The summed E-state index contributed by atoms with van der Waals surface area (Å²) in [7, 11) is -9.93. The summed E-state index contributed by atoms with van der Waals surface area (Å²) in [5.41, 5.74) is 0. The first kappa shape index (κ1) is 103. The van der Waals surface area contributed by atoms with Gasteiger partial charge in [-0.25, -0.2) is 9.13 Å². The molecule has 0 aromatic heterocycles. The number of aliphatic hydroxyl groups excluding tert-OH is 1. The zero-order chi connectivity index (χ0) is 77.2. The number of phosphoric acid groups is 2. The van der Waals surface area contributed by atoms with E-state index >= 15 is 0 Å². The zero-order valence-electron chi connectivity index (χ0n) is 69.2. The Morgan fingerprint density at radius 3 is 0.648 bits per heavy atom. The zero-order valence-corrected chi connectivity index (χ0v) is 71.0. The summed E-state index contributed by atoms with van der Waals surface area (Å²) in [5.74, 6) is 0.306. The van der Waals surface area contributed by atoms with E-state index in [1.807, 2.05) is 0 Å². The van der Waals surface area contributed by atoms with Gasteiger partial charge >= 0.3 is 39.5 Å². The van der Waals surface area contributed by atoms with Gasteiger partial charge < -0.3 is 33.8 Å². The SMILES string of the molecule is CCCCCCCCCCCCC(=O)OC[C@H](COP(=O)(O)OC[C@H](O)COP(=O)(O)OC[C@@H](COC(=O)CCCCCCCCCCCCCCCCCCC(C)C)OC(=O)CCCCCCCCCCCCCCCCCCCCC(C)C)OC(=O)CCCCCCCCCCCCCCC(C)C. The molecule has 0 bridgehead atoms. The molecule has 624 valence electrons. The molecule has 0 aliphatic carbocycles. The minimum atomic E-state index is -4.97. The molecule has 0 fully saturated rings. The average Bonchev–Trinajstić information content (AvgIpc) is 0.908. The fourth-order valence-corrected chi connectivity index (χ4v) is 14.9. The van der Waals surface area contributed by atoms with Gasteiger partial charge in [-0.15, -0.1) is 0 Å². The predicted octanol–water partition coefficient (Wildman–Crippen LogP) is 26.1. The fourth-order valence-electron chi connectivity index (χ4n) is 13.4. The van der Waals surface area contributed by atoms with Gasteiger partial charge in [0.2, 0.25) is 0 Å². The predicted molar refractivity (Wildman–Crippen MR) is 432 cm³/mol. The van der Waals surface area contributed by atoms with Crippen LogP contribution in [0.25, 0.3) is 0 Å². The Balaban J connectivity index is 5.22. The molecule has 0 radical (unpaired) electrons. The quantitative estimate of drug-likeness (QED) is 0.0222. The Hall–Kier alpha value is -1.94. The molecule has 105 heavy (non-hydrogen) atoms. The maximum atomic E-state index is 13.1. The van der Waals surface area contributed by atoms with Crippen LogP contribution in [0.3, 0.4) is 0 Å². The van der Waals surface area contributed by atoms with E-state index < -0.39 is 97.5 Å². The highest BCUT2D eigenvalue weighted by atomic mass is 31.2. The van der Waals surface area contributed by atoms with Crippen LogP contribution >= 0.6 is 15.6 Å². The Bertz CT molecular complexity index is 2030. The molecule has 0 rings (SSSR count). The van der Waals surface area contributed by atoms with E-state index in [0.29, 0.717) is 25.7 Å². The number of hydrogen-bond acceptors (Lipinski definition) is 15. The number of aliphatic hydroxyl groups is 1. The molecule has 3 N–H and O–H groups in total. The Morgan fingerprint density at radius 1 is 0.257 bits per heavy atom. The van der Waals surface area contributed by atoms with Crippen molar-refractivity contribution < 1.29 is 80.2 Å². The van der Waals surface area contributed by atoms with Crippen molar-refractivity contribution in [2.75, 3.05) is 39.6 Å². The second kappa shape index (κ2) is 76.1. The highest BCUT2D eigenvalue weighted by molar-refractivity contribution is 7.47. The van der Waals surface area contributed by atoms with Crippen LogP contribution < -0.4 is 0 Å². The normalized spacial score (nSPS) is 13.9. The number of ether oxygens (including phenoxy) is 4. The van der Waals surface area contributed by atoms with Crippen molar-refractivity contribution in [3.63, 3.8) is 0 Å². The molecule has 0 aliphatic rings. The van der Waals surface area contributed by atoms with Gasteiger partial charge in [0.25, 0.3) is 0 Å². The van der Waals surface area contributed by atoms with Gasteiger partial charge in [0, 0.05) is 25.7 Å². The molecule has 0 saturated heterocycles. The van der Waals surface area contributed by atoms with Gasteiger partial charge in [0.1, 0.15) is 19.3 Å². The summed E-state index contributed by atoms with van der Waals surface area (Å²) in [6.45, 7) is 12.0. The fraction of sp³-hybridized carbons (Fsp3) is 0.953. The van der Waals surface area contributed by atoms with Crippen LogP contribution in [-0.4, -0.2) is 96.7 Å². The van der Waals surface area contributed by atoms with E-state index in [1.54, 1.807) is 0 Å². The largest absolute Gasteiger partial charge is 0.472 e. The number of esters is 4. The van der Waals surface area contributed by atoms with Crippen molar-refractivity contribution >= 4 is 39.5 Å². The van der Waals surface area contributed by atoms with Crippen LogP contribution in [-0.2, 0) is 65.4 Å². The lowest BCUT2D eigenvalue weighted by molar-refractivity contribution is -0.161. The number of hydrogen-bond donors (Lipinski definition) is 3. The van der Waals surface area contributed by atoms with Crippen LogP contribution in [0.5, 0.6) is 0 Å². The Kier molecular flexibility index (Phi) is 74.7. The third-order valence-corrected chi connectivity index (χ3v) is 22.0. The first-order chi connectivity index (χ1) is 50.7. The van der Waals surface area contributed by atoms with Crippen molar-refractivity contribution in [1.82, 2.24) is 0 Å². The standard InChI is InChI=1S/C86H168O17P2/c1-8-9-10-11-12-13-39-46-53-60-67-83(88)96-73-81(102-86(91)70-63-56-49-42-35-29-28-32-38-45-52-59-66-79(6)7)75-100-104(92,93)98-71-80(87)72-99-105(94,95)101-76-82(74-97-84(89)68-61-54-47-40-33-26-22-19-18-21-25-31-37-44-51-58-65-78(4)5)103-85(90)69-62-55-48-41-34-27-23-17-15-14-16-20-24-30-36-43-50-57-64-77(2)3/h77-82,87H,8-76H2,1-7H3,(H,92,93)(H,94,95)/t80-,81+,82+/m0/s1. The molecular formula is C86H168O17P2. The molecule has 17 nitrogen and oxygen atoms in total. The van der Waals surface area contributed by atoms with Gasteiger partial charge in [-0.05, 0) is 43.4 Å². The third-order valence-electron chi connectivity index (χ3n) is 20.1. The van der Waals surface area contributed by atoms with Crippen molar-refractivity contribution in [1.29, 1.82) is 0 Å². The highest BCUT2D eigenvalue weighted by Crippen LogP contribution is 2.45. The number of unbranched alkanes of at least 4 members (excludes halogenated alkanes) is 52. The van der Waals surface area contributed by atoms with Gasteiger partial charge in [0.05, 0.1) is 26.4 Å². The van der Waals surface area contributed by atoms with E-state index in [9.17, 15) is 43.2 Å². The van der Waals surface area contributed by atoms with Crippen LogP contribution in [0, 0.1) is 17.8 Å². The molecule has 0 aromatic carbocycles. The van der Waals surface area contributed by atoms with E-state index in [4.69, 9.17) is 37.0 Å². The second-order valence-electron chi connectivity index (χ2n) is 32.4. The molecule has 0 saturated carbocycles. The molecule has 2 unspecified atom stereocenters. The van der Waals surface area contributed by atoms with E-state index in [-0.39, 0.29) is 25.7 Å². The number of phosphoric ester groups is 2. The van der Waals surface area contributed by atoms with Crippen molar-refractivity contribution in [3.8, 4) is 0 Å². The van der Waals surface area contributed by atoms with E-state index in [1.165, 1.54) is 263 Å². The van der Waals surface area contributed by atoms with Gasteiger partial charge in [-0.1, -0.05) is 402 Å². The average molecular weight is 1540 g/mol. The Labute approximate surface area is 645 Å². The summed E-state index contributed by atoms with van der Waals surface area (Å²) in [4.78, 5) is 73.2. The number of rotatable bonds is 84. The van der Waals surface area contributed by atoms with Crippen molar-refractivity contribution in [3.05, 3.63) is 0 Å². The van der Waals surface area contributed by atoms with Crippen LogP contribution in [0.2, 0.25) is 0 Å². The third kappa shape index (κ3) is 79.9. The van der Waals surface area contributed by atoms with Crippen LogP contribution in [0.15, 0.2) is 0 Å². The molecule has 0 aromatic rings. The number of carbonyl (C=O) groups excluding carboxylic acids is 4. The lowest BCUT2D eigenvalue weighted by Crippen LogP contribution is -2.30. The Morgan fingerprint density at radius 2 is 0.438 bits per heavy atom. The van der Waals surface area contributed by atoms with Crippen molar-refractivity contribution in [2.24, 2.45) is 17.8 Å². The topological polar surface area (TPSA) is 237 Å². The molecule has 0 spiro atoms.